The molecule has 0 bridgehead atoms. The quantitative estimate of drug-likeness (QED) is 0.865. The van der Waals surface area contributed by atoms with Gasteiger partial charge in [-0.25, -0.2) is 0 Å². The third-order valence-corrected chi connectivity index (χ3v) is 3.22. The smallest absolute Gasteiger partial charge is 0.231 e. The molecule has 0 fully saturated rings. The summed E-state index contributed by atoms with van der Waals surface area (Å²) in [5.41, 5.74) is 0.874. The van der Waals surface area contributed by atoms with Crippen molar-refractivity contribution in [3.05, 3.63) is 30.4 Å². The van der Waals surface area contributed by atoms with E-state index in [0.29, 0.717) is 17.8 Å². The van der Waals surface area contributed by atoms with Gasteiger partial charge in [0.2, 0.25) is 11.7 Å². The number of nitrogens with zero attached hydrogens (tertiary/aromatic N) is 3. The van der Waals surface area contributed by atoms with Crippen LogP contribution in [0.1, 0.15) is 39.0 Å². The maximum Gasteiger partial charge on any atom is 0.231 e. The fraction of sp³-hybridized carbons (Fsp3) is 0.500. The molecule has 2 aromatic heterocycles. The van der Waals surface area contributed by atoms with E-state index < -0.39 is 0 Å². The first-order chi connectivity index (χ1) is 9.22. The van der Waals surface area contributed by atoms with E-state index in [9.17, 15) is 0 Å². The first-order valence-electron chi connectivity index (χ1n) is 6.69. The lowest BCUT2D eigenvalue weighted by atomic mass is 10.0. The lowest BCUT2D eigenvalue weighted by Crippen LogP contribution is -2.31. The van der Waals surface area contributed by atoms with Crippen LogP contribution in [-0.2, 0) is 0 Å². The van der Waals surface area contributed by atoms with E-state index in [1.807, 2.05) is 12.1 Å². The van der Waals surface area contributed by atoms with Crippen molar-refractivity contribution in [3.63, 3.8) is 0 Å². The monoisotopic (exact) mass is 260 g/mol. The van der Waals surface area contributed by atoms with Gasteiger partial charge in [0.15, 0.2) is 0 Å². The zero-order valence-electron chi connectivity index (χ0n) is 11.6. The van der Waals surface area contributed by atoms with Gasteiger partial charge in [0.1, 0.15) is 0 Å². The van der Waals surface area contributed by atoms with Crippen molar-refractivity contribution in [2.45, 2.75) is 39.2 Å². The van der Waals surface area contributed by atoms with Crippen LogP contribution in [0.5, 0.6) is 0 Å². The van der Waals surface area contributed by atoms with E-state index in [2.05, 4.69) is 41.2 Å². The summed E-state index contributed by atoms with van der Waals surface area (Å²) in [7, 11) is 0. The van der Waals surface area contributed by atoms with Gasteiger partial charge in [-0.15, -0.1) is 0 Å². The lowest BCUT2D eigenvalue weighted by molar-refractivity contribution is 0.331. The minimum atomic E-state index is 0.185. The predicted molar refractivity (Wildman–Crippen MR) is 73.7 cm³/mol. The molecule has 19 heavy (non-hydrogen) atoms. The van der Waals surface area contributed by atoms with E-state index in [0.717, 1.165) is 18.5 Å². The first-order valence-corrected chi connectivity index (χ1v) is 6.69. The topological polar surface area (TPSA) is 63.8 Å². The molecule has 0 amide bonds. The minimum Gasteiger partial charge on any atom is -0.339 e. The summed E-state index contributed by atoms with van der Waals surface area (Å²) in [5, 5.41) is 7.46. The average molecular weight is 260 g/mol. The maximum atomic E-state index is 5.35. The summed E-state index contributed by atoms with van der Waals surface area (Å²) in [6.45, 7) is 7.37. The Morgan fingerprint density at radius 1 is 1.37 bits per heavy atom. The molecule has 5 heteroatoms. The number of rotatable bonds is 6. The summed E-state index contributed by atoms with van der Waals surface area (Å²) in [6.07, 6.45) is 4.57. The molecule has 0 aliphatic carbocycles. The normalized spacial score (nSPS) is 14.3. The first kappa shape index (κ1) is 13.7. The summed E-state index contributed by atoms with van der Waals surface area (Å²) in [6, 6.07) is 4.09. The summed E-state index contributed by atoms with van der Waals surface area (Å²) < 4.78 is 5.35. The fourth-order valence-electron chi connectivity index (χ4n) is 1.80. The van der Waals surface area contributed by atoms with E-state index in [1.165, 1.54) is 0 Å². The third kappa shape index (κ3) is 3.38. The van der Waals surface area contributed by atoms with Gasteiger partial charge in [0, 0.05) is 24.0 Å². The molecule has 0 spiro atoms. The van der Waals surface area contributed by atoms with Gasteiger partial charge in [0.25, 0.3) is 0 Å². The van der Waals surface area contributed by atoms with Crippen LogP contribution in [0.4, 0.5) is 0 Å². The van der Waals surface area contributed by atoms with Crippen molar-refractivity contribution in [1.82, 2.24) is 20.4 Å². The van der Waals surface area contributed by atoms with Crippen LogP contribution >= 0.6 is 0 Å². The summed E-state index contributed by atoms with van der Waals surface area (Å²) in [4.78, 5) is 8.51. The van der Waals surface area contributed by atoms with Crippen LogP contribution in [-0.4, -0.2) is 27.7 Å². The number of nitrogens with one attached hydrogen (secondary N) is 1. The Kier molecular flexibility index (Phi) is 4.63. The van der Waals surface area contributed by atoms with Gasteiger partial charge in [-0.3, -0.25) is 4.98 Å². The van der Waals surface area contributed by atoms with Crippen molar-refractivity contribution in [1.29, 1.82) is 0 Å². The van der Waals surface area contributed by atoms with Crippen molar-refractivity contribution in [3.8, 4) is 11.4 Å². The molecule has 0 radical (unpaired) electrons. The van der Waals surface area contributed by atoms with E-state index in [1.54, 1.807) is 12.4 Å². The van der Waals surface area contributed by atoms with Gasteiger partial charge in [-0.05, 0) is 32.0 Å². The highest BCUT2D eigenvalue weighted by molar-refractivity contribution is 5.51. The van der Waals surface area contributed by atoms with Gasteiger partial charge >= 0.3 is 0 Å². The molecule has 2 heterocycles. The fourth-order valence-corrected chi connectivity index (χ4v) is 1.80. The van der Waals surface area contributed by atoms with Crippen molar-refractivity contribution >= 4 is 0 Å². The van der Waals surface area contributed by atoms with Crippen LogP contribution < -0.4 is 5.32 Å². The molecule has 2 aromatic rings. The second kappa shape index (κ2) is 6.43. The van der Waals surface area contributed by atoms with Gasteiger partial charge < -0.3 is 9.84 Å². The number of aromatic nitrogens is 3. The third-order valence-electron chi connectivity index (χ3n) is 3.22. The molecular formula is C14H20N4O. The maximum absolute atomic E-state index is 5.35. The second-order valence-corrected chi connectivity index (χ2v) is 4.73. The molecule has 2 atom stereocenters. The highest BCUT2D eigenvalue weighted by Gasteiger charge is 2.20. The van der Waals surface area contributed by atoms with Crippen LogP contribution in [0.15, 0.2) is 29.0 Å². The molecule has 0 saturated carbocycles. The Morgan fingerprint density at radius 2 is 2.21 bits per heavy atom. The SMILES string of the molecule is CCCNC(C)C(C)c1nc(-c2cccnc2)no1. The Morgan fingerprint density at radius 3 is 2.89 bits per heavy atom. The van der Waals surface area contributed by atoms with E-state index in [-0.39, 0.29) is 5.92 Å². The number of pyridine rings is 1. The molecule has 1 N–H and O–H groups in total. The lowest BCUT2D eigenvalue weighted by Gasteiger charge is -2.17. The van der Waals surface area contributed by atoms with Crippen LogP contribution in [0.2, 0.25) is 0 Å². The van der Waals surface area contributed by atoms with Crippen LogP contribution in [0, 0.1) is 0 Å². The highest BCUT2D eigenvalue weighted by Crippen LogP contribution is 2.21. The molecule has 102 valence electrons. The standard InChI is InChI=1S/C14H20N4O/c1-4-7-16-11(3)10(2)14-17-13(18-19-14)12-6-5-8-15-9-12/h5-6,8-11,16H,4,7H2,1-3H3. The molecule has 2 unspecified atom stereocenters. The van der Waals surface area contributed by atoms with E-state index >= 15 is 0 Å². The molecular weight excluding hydrogens is 240 g/mol. The van der Waals surface area contributed by atoms with Gasteiger partial charge in [-0.1, -0.05) is 19.0 Å². The zero-order valence-corrected chi connectivity index (χ0v) is 11.6. The van der Waals surface area contributed by atoms with Crippen molar-refractivity contribution in [2.24, 2.45) is 0 Å². The average Bonchev–Trinajstić information content (AvgIpc) is 2.94. The molecule has 0 aromatic carbocycles. The second-order valence-electron chi connectivity index (χ2n) is 4.73. The largest absolute Gasteiger partial charge is 0.339 e. The molecule has 5 nitrogen and oxygen atoms in total. The molecule has 0 aliphatic heterocycles. The van der Waals surface area contributed by atoms with Crippen LogP contribution in [0.3, 0.4) is 0 Å². The summed E-state index contributed by atoms with van der Waals surface area (Å²) >= 11 is 0. The Bertz CT molecular complexity index is 497. The Hall–Kier alpha value is -1.75. The number of hydrogen-bond donors (Lipinski definition) is 1. The minimum absolute atomic E-state index is 0.185. The van der Waals surface area contributed by atoms with Crippen LogP contribution in [0.25, 0.3) is 11.4 Å². The highest BCUT2D eigenvalue weighted by atomic mass is 16.5. The van der Waals surface area contributed by atoms with E-state index in [4.69, 9.17) is 4.52 Å². The Labute approximate surface area is 113 Å². The zero-order chi connectivity index (χ0) is 13.7. The van der Waals surface area contributed by atoms with Gasteiger partial charge in [-0.2, -0.15) is 4.98 Å². The number of hydrogen-bond acceptors (Lipinski definition) is 5. The van der Waals surface area contributed by atoms with Crippen molar-refractivity contribution in [2.75, 3.05) is 6.54 Å². The summed E-state index contributed by atoms with van der Waals surface area (Å²) in [5.74, 6) is 1.44. The molecule has 2 rings (SSSR count). The molecule has 0 aliphatic rings. The van der Waals surface area contributed by atoms with Crippen molar-refractivity contribution < 1.29 is 4.52 Å². The van der Waals surface area contributed by atoms with Gasteiger partial charge in [0.05, 0.1) is 5.92 Å². The predicted octanol–water partition coefficient (Wildman–Crippen LogP) is 2.62. The Balaban J connectivity index is 2.08. The molecule has 0 saturated heterocycles.